The van der Waals surface area contributed by atoms with Crippen molar-refractivity contribution < 1.29 is 4.79 Å². The van der Waals surface area contributed by atoms with Gasteiger partial charge in [-0.25, -0.2) is 4.98 Å². The van der Waals surface area contributed by atoms with Crippen LogP contribution in [0.4, 0.5) is 5.82 Å². The topological polar surface area (TPSA) is 108 Å². The minimum absolute atomic E-state index is 0.246. The van der Waals surface area contributed by atoms with Crippen molar-refractivity contribution >= 4 is 11.7 Å². The number of aromatic amines is 1. The molecule has 0 saturated carbocycles. The zero-order chi connectivity index (χ0) is 13.0. The van der Waals surface area contributed by atoms with Crippen LogP contribution in [0.2, 0.25) is 0 Å². The van der Waals surface area contributed by atoms with Crippen molar-refractivity contribution in [3.63, 3.8) is 0 Å². The summed E-state index contributed by atoms with van der Waals surface area (Å²) < 4.78 is 0. The van der Waals surface area contributed by atoms with Gasteiger partial charge in [-0.05, 0) is 19.1 Å². The molecular formula is C10H13N7O. The summed E-state index contributed by atoms with van der Waals surface area (Å²) in [4.78, 5) is 16.1. The summed E-state index contributed by atoms with van der Waals surface area (Å²) in [6, 6.07) is 3.06. The van der Waals surface area contributed by atoms with Crippen LogP contribution < -0.4 is 10.6 Å². The SMILES string of the molecule is CNc1ncccc1C(=O)NC(C)c1nn[nH]n1. The molecule has 0 aliphatic carbocycles. The molecule has 1 unspecified atom stereocenters. The monoisotopic (exact) mass is 247 g/mol. The predicted molar refractivity (Wildman–Crippen MR) is 63.8 cm³/mol. The van der Waals surface area contributed by atoms with Crippen molar-refractivity contribution in [3.05, 3.63) is 29.7 Å². The Kier molecular flexibility index (Phi) is 3.46. The lowest BCUT2D eigenvalue weighted by molar-refractivity contribution is 0.0939. The third-order valence-corrected chi connectivity index (χ3v) is 2.39. The quantitative estimate of drug-likeness (QED) is 0.708. The first-order valence-electron chi connectivity index (χ1n) is 5.39. The number of anilines is 1. The molecule has 0 fully saturated rings. The highest BCUT2D eigenvalue weighted by atomic mass is 16.1. The maximum Gasteiger partial charge on any atom is 0.255 e. The number of rotatable bonds is 4. The molecule has 0 aromatic carbocycles. The number of pyridine rings is 1. The average Bonchev–Trinajstić information content (AvgIpc) is 2.92. The summed E-state index contributed by atoms with van der Waals surface area (Å²) in [6.45, 7) is 1.78. The minimum atomic E-state index is -0.332. The van der Waals surface area contributed by atoms with Gasteiger partial charge in [-0.3, -0.25) is 4.79 Å². The van der Waals surface area contributed by atoms with Gasteiger partial charge < -0.3 is 10.6 Å². The highest BCUT2D eigenvalue weighted by Crippen LogP contribution is 2.12. The van der Waals surface area contributed by atoms with Crippen molar-refractivity contribution in [2.45, 2.75) is 13.0 Å². The van der Waals surface area contributed by atoms with Crippen LogP contribution in [-0.2, 0) is 0 Å². The van der Waals surface area contributed by atoms with E-state index >= 15 is 0 Å². The molecule has 18 heavy (non-hydrogen) atoms. The largest absolute Gasteiger partial charge is 0.372 e. The van der Waals surface area contributed by atoms with E-state index in [0.29, 0.717) is 17.2 Å². The molecule has 1 amide bonds. The molecule has 2 aromatic heterocycles. The molecule has 0 aliphatic rings. The van der Waals surface area contributed by atoms with E-state index in [-0.39, 0.29) is 11.9 Å². The Morgan fingerprint density at radius 2 is 2.33 bits per heavy atom. The number of tetrazole rings is 1. The van der Waals surface area contributed by atoms with Gasteiger partial charge >= 0.3 is 0 Å². The van der Waals surface area contributed by atoms with E-state index in [1.165, 1.54) is 0 Å². The predicted octanol–water partition coefficient (Wildman–Crippen LogP) is 0.127. The van der Waals surface area contributed by atoms with E-state index in [2.05, 4.69) is 36.2 Å². The van der Waals surface area contributed by atoms with E-state index in [1.54, 1.807) is 32.3 Å². The Morgan fingerprint density at radius 1 is 1.50 bits per heavy atom. The molecule has 0 saturated heterocycles. The van der Waals surface area contributed by atoms with Crippen LogP contribution in [0.5, 0.6) is 0 Å². The average molecular weight is 247 g/mol. The summed E-state index contributed by atoms with van der Waals surface area (Å²) in [5, 5.41) is 19.0. The van der Waals surface area contributed by atoms with Gasteiger partial charge in [0.1, 0.15) is 5.82 Å². The minimum Gasteiger partial charge on any atom is -0.372 e. The third kappa shape index (κ3) is 2.42. The molecule has 8 heteroatoms. The molecule has 2 aromatic rings. The van der Waals surface area contributed by atoms with Crippen LogP contribution in [-0.4, -0.2) is 38.6 Å². The molecule has 2 rings (SSSR count). The zero-order valence-electron chi connectivity index (χ0n) is 10.0. The number of aromatic nitrogens is 5. The lowest BCUT2D eigenvalue weighted by Gasteiger charge is -2.11. The van der Waals surface area contributed by atoms with Crippen molar-refractivity contribution in [1.29, 1.82) is 0 Å². The number of carbonyl (C=O) groups is 1. The smallest absolute Gasteiger partial charge is 0.255 e. The van der Waals surface area contributed by atoms with Gasteiger partial charge in [0.15, 0.2) is 5.82 Å². The van der Waals surface area contributed by atoms with Crippen molar-refractivity contribution in [2.24, 2.45) is 0 Å². The molecule has 0 aliphatic heterocycles. The van der Waals surface area contributed by atoms with Gasteiger partial charge in [0.25, 0.3) is 5.91 Å². The Balaban J connectivity index is 2.12. The molecule has 3 N–H and O–H groups in total. The van der Waals surface area contributed by atoms with E-state index in [0.717, 1.165) is 0 Å². The van der Waals surface area contributed by atoms with Gasteiger partial charge in [-0.2, -0.15) is 5.21 Å². The first-order valence-corrected chi connectivity index (χ1v) is 5.39. The van der Waals surface area contributed by atoms with Gasteiger partial charge in [0.05, 0.1) is 11.6 Å². The molecular weight excluding hydrogens is 234 g/mol. The number of carbonyl (C=O) groups excluding carboxylic acids is 1. The standard InChI is InChI=1S/C10H13N7O/c1-6(8-14-16-17-15-8)13-10(18)7-4-3-5-12-9(7)11-2/h3-6H,1-2H3,(H,11,12)(H,13,18)(H,14,15,16,17). The van der Waals surface area contributed by atoms with E-state index in [4.69, 9.17) is 0 Å². The van der Waals surface area contributed by atoms with Crippen LogP contribution in [0.1, 0.15) is 29.1 Å². The summed E-state index contributed by atoms with van der Waals surface area (Å²) in [5.41, 5.74) is 0.468. The Bertz CT molecular complexity index is 525. The third-order valence-electron chi connectivity index (χ3n) is 2.39. The van der Waals surface area contributed by atoms with Gasteiger partial charge in [0.2, 0.25) is 0 Å². The number of nitrogens with zero attached hydrogens (tertiary/aromatic N) is 4. The molecule has 94 valence electrons. The Morgan fingerprint density at radius 3 is 3.00 bits per heavy atom. The van der Waals surface area contributed by atoms with E-state index < -0.39 is 0 Å². The molecule has 8 nitrogen and oxygen atoms in total. The van der Waals surface area contributed by atoms with Crippen LogP contribution in [0.3, 0.4) is 0 Å². The highest BCUT2D eigenvalue weighted by molar-refractivity contribution is 5.98. The van der Waals surface area contributed by atoms with Crippen molar-refractivity contribution in [2.75, 3.05) is 12.4 Å². The Labute approximate surface area is 103 Å². The summed E-state index contributed by atoms with van der Waals surface area (Å²) in [6.07, 6.45) is 1.62. The number of amides is 1. The number of hydrogen-bond donors (Lipinski definition) is 3. The lowest BCUT2D eigenvalue weighted by atomic mass is 10.2. The summed E-state index contributed by atoms with van der Waals surface area (Å²) >= 11 is 0. The Hall–Kier alpha value is -2.51. The second-order valence-electron chi connectivity index (χ2n) is 3.61. The van der Waals surface area contributed by atoms with Crippen LogP contribution in [0.15, 0.2) is 18.3 Å². The van der Waals surface area contributed by atoms with Crippen LogP contribution in [0, 0.1) is 0 Å². The molecule has 1 atom stereocenters. The lowest BCUT2D eigenvalue weighted by Crippen LogP contribution is -2.28. The maximum atomic E-state index is 12.1. The highest BCUT2D eigenvalue weighted by Gasteiger charge is 2.17. The van der Waals surface area contributed by atoms with E-state index in [9.17, 15) is 4.79 Å². The van der Waals surface area contributed by atoms with Crippen molar-refractivity contribution in [1.82, 2.24) is 30.9 Å². The van der Waals surface area contributed by atoms with E-state index in [1.807, 2.05) is 0 Å². The fraction of sp³-hybridized carbons (Fsp3) is 0.300. The van der Waals surface area contributed by atoms with Crippen molar-refractivity contribution in [3.8, 4) is 0 Å². The summed E-state index contributed by atoms with van der Waals surface area (Å²) in [7, 11) is 1.71. The number of nitrogens with one attached hydrogen (secondary N) is 3. The first-order chi connectivity index (χ1) is 8.72. The maximum absolute atomic E-state index is 12.1. The summed E-state index contributed by atoms with van der Waals surface area (Å²) in [5.74, 6) is 0.707. The molecule has 2 heterocycles. The molecule has 0 bridgehead atoms. The normalized spacial score (nSPS) is 11.9. The zero-order valence-corrected chi connectivity index (χ0v) is 10.0. The first kappa shape index (κ1) is 12.0. The molecule has 0 radical (unpaired) electrons. The fourth-order valence-electron chi connectivity index (χ4n) is 1.48. The number of hydrogen-bond acceptors (Lipinski definition) is 6. The van der Waals surface area contributed by atoms with Crippen LogP contribution in [0.25, 0.3) is 0 Å². The second kappa shape index (κ2) is 5.21. The van der Waals surface area contributed by atoms with Crippen LogP contribution >= 0.6 is 0 Å². The second-order valence-corrected chi connectivity index (χ2v) is 3.61. The van der Waals surface area contributed by atoms with Gasteiger partial charge in [0, 0.05) is 13.2 Å². The molecule has 0 spiro atoms. The van der Waals surface area contributed by atoms with Gasteiger partial charge in [-0.1, -0.05) is 5.21 Å². The fourth-order valence-corrected chi connectivity index (χ4v) is 1.48. The number of H-pyrrole nitrogens is 1. The van der Waals surface area contributed by atoms with Gasteiger partial charge in [-0.15, -0.1) is 10.2 Å².